The van der Waals surface area contributed by atoms with Crippen LogP contribution in [0.3, 0.4) is 0 Å². The van der Waals surface area contributed by atoms with E-state index in [9.17, 15) is 0 Å². The molecule has 0 N–H and O–H groups in total. The van der Waals surface area contributed by atoms with Crippen LogP contribution in [-0.4, -0.2) is 0 Å². The lowest BCUT2D eigenvalue weighted by molar-refractivity contribution is 0.573. The highest BCUT2D eigenvalue weighted by molar-refractivity contribution is 6.11. The third-order valence-electron chi connectivity index (χ3n) is 8.87. The summed E-state index contributed by atoms with van der Waals surface area (Å²) in [7, 11) is 0. The number of fused-ring (bicyclic) bond motifs is 6. The fourth-order valence-electron chi connectivity index (χ4n) is 6.37. The topological polar surface area (TPSA) is 26.3 Å². The number of hydrogen-bond acceptors (Lipinski definition) is 2. The Labute approximate surface area is 271 Å². The summed E-state index contributed by atoms with van der Waals surface area (Å²) in [5, 5.41) is 4.75. The van der Waals surface area contributed by atoms with Crippen LogP contribution in [0.5, 0.6) is 0 Å². The Bertz CT molecular complexity index is 2300. The summed E-state index contributed by atoms with van der Waals surface area (Å²) in [6.45, 7) is 13.4. The van der Waals surface area contributed by atoms with E-state index in [0.29, 0.717) is 0 Å². The van der Waals surface area contributed by atoms with Gasteiger partial charge in [-0.15, -0.1) is 0 Å². The molecule has 8 rings (SSSR count). The van der Waals surface area contributed by atoms with Crippen LogP contribution in [0.4, 0.5) is 0 Å². The molecular formula is C44H40O2. The van der Waals surface area contributed by atoms with Crippen LogP contribution < -0.4 is 0 Å². The maximum atomic E-state index is 6.40. The molecule has 0 unspecified atom stereocenters. The quantitative estimate of drug-likeness (QED) is 0.197. The van der Waals surface area contributed by atoms with Crippen molar-refractivity contribution in [2.75, 3.05) is 0 Å². The highest BCUT2D eigenvalue weighted by atomic mass is 16.3. The summed E-state index contributed by atoms with van der Waals surface area (Å²) in [5.41, 5.74) is 11.3. The zero-order chi connectivity index (χ0) is 32.1. The summed E-state index contributed by atoms with van der Waals surface area (Å²) >= 11 is 0. The van der Waals surface area contributed by atoms with Crippen molar-refractivity contribution < 1.29 is 8.83 Å². The highest BCUT2D eigenvalue weighted by Gasteiger charge is 2.22. The predicted octanol–water partition coefficient (Wildman–Crippen LogP) is 13.1. The molecule has 46 heavy (non-hydrogen) atoms. The molecule has 0 spiro atoms. The molecular weight excluding hydrogens is 560 g/mol. The molecule has 2 aromatic heterocycles. The molecule has 2 heteroatoms. The number of rotatable bonds is 2. The number of benzene rings is 6. The van der Waals surface area contributed by atoms with Crippen molar-refractivity contribution in [2.45, 2.75) is 52.4 Å². The van der Waals surface area contributed by atoms with E-state index < -0.39 is 0 Å². The molecule has 0 aliphatic carbocycles. The lowest BCUT2D eigenvalue weighted by Crippen LogP contribution is -2.10. The fraction of sp³-hybridized carbons (Fsp3) is 0.182. The first kappa shape index (κ1) is 29.6. The monoisotopic (exact) mass is 600 g/mol. The molecule has 0 saturated carbocycles. The molecule has 6 aromatic carbocycles. The fourth-order valence-corrected chi connectivity index (χ4v) is 6.37. The third kappa shape index (κ3) is 5.39. The van der Waals surface area contributed by atoms with Gasteiger partial charge in [0.25, 0.3) is 0 Å². The first-order chi connectivity index (χ1) is 22.1. The molecule has 0 atom stereocenters. The van der Waals surface area contributed by atoms with Crippen molar-refractivity contribution >= 4 is 43.9 Å². The Morgan fingerprint density at radius 3 is 1.43 bits per heavy atom. The van der Waals surface area contributed by atoms with Gasteiger partial charge in [-0.05, 0) is 33.6 Å². The van der Waals surface area contributed by atoms with Crippen LogP contribution in [-0.2, 0) is 10.8 Å². The Morgan fingerprint density at radius 1 is 0.391 bits per heavy atom. The van der Waals surface area contributed by atoms with Gasteiger partial charge in [-0.2, -0.15) is 0 Å². The zero-order valence-corrected chi connectivity index (χ0v) is 27.5. The number of para-hydroxylation sites is 3. The minimum absolute atomic E-state index is 0.0558. The number of hydrogen-bond donors (Lipinski definition) is 0. The van der Waals surface area contributed by atoms with Gasteiger partial charge in [0.2, 0.25) is 0 Å². The Balaban J connectivity index is 0.000000147. The molecule has 0 fully saturated rings. The van der Waals surface area contributed by atoms with Gasteiger partial charge in [0, 0.05) is 38.2 Å². The van der Waals surface area contributed by atoms with Gasteiger partial charge in [0.05, 0.1) is 0 Å². The normalized spacial score (nSPS) is 12.1. The van der Waals surface area contributed by atoms with Gasteiger partial charge in [-0.1, -0.05) is 169 Å². The van der Waals surface area contributed by atoms with Gasteiger partial charge in [-0.25, -0.2) is 0 Å². The maximum absolute atomic E-state index is 6.40. The Kier molecular flexibility index (Phi) is 7.32. The van der Waals surface area contributed by atoms with Crippen molar-refractivity contribution in [3.63, 3.8) is 0 Å². The molecule has 0 radical (unpaired) electrons. The average Bonchev–Trinajstić information content (AvgIpc) is 3.63. The second kappa shape index (κ2) is 11.4. The van der Waals surface area contributed by atoms with Gasteiger partial charge in [-0.3, -0.25) is 0 Å². The van der Waals surface area contributed by atoms with Crippen LogP contribution in [0.1, 0.15) is 52.7 Å². The van der Waals surface area contributed by atoms with E-state index in [1.807, 2.05) is 12.1 Å². The first-order valence-electron chi connectivity index (χ1n) is 16.1. The van der Waals surface area contributed by atoms with Gasteiger partial charge >= 0.3 is 0 Å². The molecule has 2 heterocycles. The SMILES string of the molecule is CC(C)(C)c1ccc2c(c1)oc1c(-c3ccccc3)cccc12.CC(C)(C)c1cccc2c1oc1c(-c3ccccc3)cccc12. The summed E-state index contributed by atoms with van der Waals surface area (Å²) in [6.07, 6.45) is 0. The summed E-state index contributed by atoms with van der Waals surface area (Å²) in [6, 6.07) is 46.7. The van der Waals surface area contributed by atoms with E-state index in [0.717, 1.165) is 33.5 Å². The van der Waals surface area contributed by atoms with Crippen molar-refractivity contribution in [2.24, 2.45) is 0 Å². The van der Waals surface area contributed by atoms with E-state index in [-0.39, 0.29) is 10.8 Å². The van der Waals surface area contributed by atoms with Gasteiger partial charge in [0.15, 0.2) is 0 Å². The number of furan rings is 2. The van der Waals surface area contributed by atoms with E-state index in [1.54, 1.807) is 0 Å². The third-order valence-corrected chi connectivity index (χ3v) is 8.87. The summed E-state index contributed by atoms with van der Waals surface area (Å²) in [5.74, 6) is 0. The van der Waals surface area contributed by atoms with Crippen LogP contribution in [0.25, 0.3) is 66.1 Å². The van der Waals surface area contributed by atoms with Crippen molar-refractivity contribution in [1.82, 2.24) is 0 Å². The van der Waals surface area contributed by atoms with E-state index in [1.165, 1.54) is 43.8 Å². The Hall–Kier alpha value is -5.08. The molecule has 228 valence electrons. The molecule has 0 aliphatic heterocycles. The molecule has 0 bridgehead atoms. The van der Waals surface area contributed by atoms with Crippen molar-refractivity contribution in [1.29, 1.82) is 0 Å². The largest absolute Gasteiger partial charge is 0.455 e. The first-order valence-corrected chi connectivity index (χ1v) is 16.1. The summed E-state index contributed by atoms with van der Waals surface area (Å²) < 4.78 is 12.7. The van der Waals surface area contributed by atoms with Crippen molar-refractivity contribution in [3.05, 3.63) is 145 Å². The predicted molar refractivity (Wildman–Crippen MR) is 196 cm³/mol. The zero-order valence-electron chi connectivity index (χ0n) is 27.5. The average molecular weight is 601 g/mol. The van der Waals surface area contributed by atoms with E-state index in [2.05, 4.69) is 163 Å². The van der Waals surface area contributed by atoms with E-state index >= 15 is 0 Å². The van der Waals surface area contributed by atoms with Crippen LogP contribution in [0.15, 0.2) is 142 Å². The van der Waals surface area contributed by atoms with Crippen LogP contribution in [0, 0.1) is 0 Å². The smallest absolute Gasteiger partial charge is 0.143 e. The molecule has 2 nitrogen and oxygen atoms in total. The lowest BCUT2D eigenvalue weighted by atomic mass is 9.86. The summed E-state index contributed by atoms with van der Waals surface area (Å²) in [4.78, 5) is 0. The second-order valence-electron chi connectivity index (χ2n) is 14.2. The molecule has 0 saturated heterocycles. The van der Waals surface area contributed by atoms with E-state index in [4.69, 9.17) is 8.83 Å². The Morgan fingerprint density at radius 2 is 0.891 bits per heavy atom. The van der Waals surface area contributed by atoms with Gasteiger partial charge in [0.1, 0.15) is 22.3 Å². The molecule has 0 amide bonds. The second-order valence-corrected chi connectivity index (χ2v) is 14.2. The lowest BCUT2D eigenvalue weighted by Gasteiger charge is -2.18. The minimum atomic E-state index is 0.0558. The maximum Gasteiger partial charge on any atom is 0.143 e. The van der Waals surface area contributed by atoms with Gasteiger partial charge < -0.3 is 8.83 Å². The van der Waals surface area contributed by atoms with Crippen LogP contribution >= 0.6 is 0 Å². The minimum Gasteiger partial charge on any atom is -0.455 e. The van der Waals surface area contributed by atoms with Crippen LogP contribution in [0.2, 0.25) is 0 Å². The molecule has 0 aliphatic rings. The molecule has 8 aromatic rings. The highest BCUT2D eigenvalue weighted by Crippen LogP contribution is 2.40. The standard InChI is InChI=1S/2C22H20O/c1-22(2,3)19-14-8-13-18-17-12-7-11-16(20(17)23-21(18)19)15-9-5-4-6-10-15;1-22(2,3)16-12-13-18-19-11-7-10-17(15-8-5-4-6-9-15)21(19)23-20(18)14-16/h2*4-14H,1-3H3. The van der Waals surface area contributed by atoms with Crippen molar-refractivity contribution in [3.8, 4) is 22.3 Å².